The van der Waals surface area contributed by atoms with Crippen LogP contribution in [0.15, 0.2) is 48.5 Å². The fraction of sp³-hybridized carbons (Fsp3) is 0.300. The molecule has 0 fully saturated rings. The summed E-state index contributed by atoms with van der Waals surface area (Å²) in [7, 11) is 0. The van der Waals surface area contributed by atoms with Crippen LogP contribution in [0, 0.1) is 6.92 Å². The number of aryl methyl sites for hydroxylation is 1. The topological polar surface area (TPSA) is 46.6 Å². The molecule has 0 radical (unpaired) electrons. The Morgan fingerprint density at radius 3 is 2.46 bits per heavy atom. The molecule has 4 nitrogen and oxygen atoms in total. The van der Waals surface area contributed by atoms with Crippen molar-refractivity contribution in [1.82, 2.24) is 0 Å². The molecule has 2 aromatic carbocycles. The highest BCUT2D eigenvalue weighted by molar-refractivity contribution is 6.11. The van der Waals surface area contributed by atoms with Gasteiger partial charge in [0.1, 0.15) is 5.75 Å². The van der Waals surface area contributed by atoms with E-state index < -0.39 is 11.6 Å². The molecule has 1 atom stereocenters. The lowest BCUT2D eigenvalue weighted by Gasteiger charge is -2.41. The van der Waals surface area contributed by atoms with Crippen molar-refractivity contribution in [3.05, 3.63) is 59.7 Å². The summed E-state index contributed by atoms with van der Waals surface area (Å²) in [6, 6.07) is 14.1. The number of anilines is 1. The maximum atomic E-state index is 12.9. The third-order valence-electron chi connectivity index (χ3n) is 4.30. The van der Waals surface area contributed by atoms with E-state index in [1.54, 1.807) is 37.8 Å². The van der Waals surface area contributed by atoms with Crippen LogP contribution < -0.4 is 9.64 Å². The minimum absolute atomic E-state index is 0.0888. The van der Waals surface area contributed by atoms with E-state index in [1.165, 1.54) is 0 Å². The van der Waals surface area contributed by atoms with Gasteiger partial charge in [0.25, 0.3) is 5.91 Å². The van der Waals surface area contributed by atoms with E-state index in [2.05, 4.69) is 0 Å². The van der Waals surface area contributed by atoms with Crippen LogP contribution in [-0.2, 0) is 4.79 Å². The average Bonchev–Trinajstić information content (AvgIpc) is 2.56. The lowest BCUT2D eigenvalue weighted by atomic mass is 9.97. The van der Waals surface area contributed by atoms with Gasteiger partial charge in [-0.05, 0) is 45.4 Å². The predicted octanol–water partition coefficient (Wildman–Crippen LogP) is 3.77. The molecule has 1 aliphatic rings. The molecule has 0 aliphatic carbocycles. The molecule has 1 unspecified atom stereocenters. The Morgan fingerprint density at radius 2 is 1.79 bits per heavy atom. The van der Waals surface area contributed by atoms with Crippen molar-refractivity contribution in [3.8, 4) is 5.75 Å². The fourth-order valence-electron chi connectivity index (χ4n) is 2.97. The Morgan fingerprint density at radius 1 is 1.12 bits per heavy atom. The number of hydrogen-bond acceptors (Lipinski definition) is 3. The molecule has 0 N–H and O–H groups in total. The first kappa shape index (κ1) is 16.2. The third kappa shape index (κ3) is 2.68. The molecule has 2 aromatic rings. The molecule has 0 aromatic heterocycles. The van der Waals surface area contributed by atoms with Crippen molar-refractivity contribution < 1.29 is 14.3 Å². The third-order valence-corrected chi connectivity index (χ3v) is 4.30. The van der Waals surface area contributed by atoms with Gasteiger partial charge in [0, 0.05) is 5.56 Å². The van der Waals surface area contributed by atoms with Gasteiger partial charge < -0.3 is 4.74 Å². The summed E-state index contributed by atoms with van der Waals surface area (Å²) in [6.45, 7) is 7.17. The Balaban J connectivity index is 2.06. The monoisotopic (exact) mass is 323 g/mol. The van der Waals surface area contributed by atoms with Crippen LogP contribution in [0.2, 0.25) is 0 Å². The van der Waals surface area contributed by atoms with Crippen LogP contribution in [0.3, 0.4) is 0 Å². The number of rotatable bonds is 3. The predicted molar refractivity (Wildman–Crippen MR) is 93.6 cm³/mol. The first-order chi connectivity index (χ1) is 11.3. The number of amides is 1. The molecule has 4 heteroatoms. The Bertz CT molecular complexity index is 796. The number of ketones is 1. The summed E-state index contributed by atoms with van der Waals surface area (Å²) in [6.07, 6.45) is 0. The Kier molecular flexibility index (Phi) is 3.91. The zero-order valence-corrected chi connectivity index (χ0v) is 14.4. The van der Waals surface area contributed by atoms with Crippen LogP contribution in [0.1, 0.15) is 36.7 Å². The molecule has 0 saturated carbocycles. The van der Waals surface area contributed by atoms with Crippen molar-refractivity contribution in [1.29, 1.82) is 0 Å². The standard InChI is InChI=1S/C20H21NO3/c1-13-10-11-17-16(12-13)21(19(23)20(3,4)24-17)14(2)18(22)15-8-6-5-7-9-15/h5-12,14H,1-4H3. The van der Waals surface area contributed by atoms with Gasteiger partial charge in [0.05, 0.1) is 11.7 Å². The first-order valence-corrected chi connectivity index (χ1v) is 8.04. The van der Waals surface area contributed by atoms with Gasteiger partial charge >= 0.3 is 0 Å². The van der Waals surface area contributed by atoms with E-state index in [0.29, 0.717) is 17.0 Å². The smallest absolute Gasteiger partial charge is 0.271 e. The second kappa shape index (κ2) is 5.78. The number of Topliss-reactive ketones (excluding diaryl/α,β-unsaturated/α-hetero) is 1. The van der Waals surface area contributed by atoms with Gasteiger partial charge in [-0.25, -0.2) is 0 Å². The molecule has 1 aliphatic heterocycles. The largest absolute Gasteiger partial charge is 0.476 e. The van der Waals surface area contributed by atoms with E-state index in [-0.39, 0.29) is 11.7 Å². The van der Waals surface area contributed by atoms with Gasteiger partial charge in [0.2, 0.25) is 0 Å². The van der Waals surface area contributed by atoms with E-state index in [1.807, 2.05) is 43.3 Å². The second-order valence-corrected chi connectivity index (χ2v) is 6.66. The van der Waals surface area contributed by atoms with Gasteiger partial charge in [-0.1, -0.05) is 36.4 Å². The molecular weight excluding hydrogens is 302 g/mol. The zero-order valence-electron chi connectivity index (χ0n) is 14.4. The van der Waals surface area contributed by atoms with Crippen molar-refractivity contribution in [3.63, 3.8) is 0 Å². The summed E-state index contributed by atoms with van der Waals surface area (Å²) in [5, 5.41) is 0. The highest BCUT2D eigenvalue weighted by Gasteiger charge is 2.44. The number of carbonyl (C=O) groups is 2. The van der Waals surface area contributed by atoms with E-state index in [9.17, 15) is 9.59 Å². The normalized spacial score (nSPS) is 17.0. The highest BCUT2D eigenvalue weighted by atomic mass is 16.5. The SMILES string of the molecule is Cc1ccc2c(c1)N(C(C)C(=O)c1ccccc1)C(=O)C(C)(C)O2. The van der Waals surface area contributed by atoms with Crippen molar-refractivity contribution >= 4 is 17.4 Å². The lowest BCUT2D eigenvalue weighted by molar-refractivity contribution is -0.133. The number of benzene rings is 2. The maximum Gasteiger partial charge on any atom is 0.271 e. The van der Waals surface area contributed by atoms with Crippen molar-refractivity contribution in [2.75, 3.05) is 4.90 Å². The van der Waals surface area contributed by atoms with Crippen LogP contribution in [0.4, 0.5) is 5.69 Å². The van der Waals surface area contributed by atoms with Gasteiger partial charge in [-0.15, -0.1) is 0 Å². The van der Waals surface area contributed by atoms with Gasteiger partial charge in [-0.3, -0.25) is 14.5 Å². The highest BCUT2D eigenvalue weighted by Crippen LogP contribution is 2.39. The minimum atomic E-state index is -1.01. The summed E-state index contributed by atoms with van der Waals surface area (Å²) in [5.41, 5.74) is 1.25. The molecule has 1 heterocycles. The fourth-order valence-corrected chi connectivity index (χ4v) is 2.97. The molecule has 24 heavy (non-hydrogen) atoms. The average molecular weight is 323 g/mol. The number of carbonyl (C=O) groups excluding carboxylic acids is 2. The van der Waals surface area contributed by atoms with Crippen LogP contribution in [0.25, 0.3) is 0 Å². The van der Waals surface area contributed by atoms with Crippen LogP contribution in [0.5, 0.6) is 5.75 Å². The Labute approximate surface area is 142 Å². The molecule has 3 rings (SSSR count). The Hall–Kier alpha value is -2.62. The quantitative estimate of drug-likeness (QED) is 0.808. The minimum Gasteiger partial charge on any atom is -0.476 e. The number of fused-ring (bicyclic) bond motifs is 1. The summed E-state index contributed by atoms with van der Waals surface area (Å²) < 4.78 is 5.85. The molecule has 0 bridgehead atoms. The molecular formula is C20H21NO3. The molecule has 1 amide bonds. The van der Waals surface area contributed by atoms with E-state index >= 15 is 0 Å². The lowest BCUT2D eigenvalue weighted by Crippen LogP contribution is -2.57. The van der Waals surface area contributed by atoms with Crippen molar-refractivity contribution in [2.45, 2.75) is 39.3 Å². The van der Waals surface area contributed by atoms with Crippen LogP contribution in [-0.4, -0.2) is 23.3 Å². The van der Waals surface area contributed by atoms with Crippen LogP contribution >= 0.6 is 0 Å². The number of hydrogen-bond donors (Lipinski definition) is 0. The number of nitrogens with zero attached hydrogens (tertiary/aromatic N) is 1. The van der Waals surface area contributed by atoms with Gasteiger partial charge in [-0.2, -0.15) is 0 Å². The summed E-state index contributed by atoms with van der Waals surface area (Å²) >= 11 is 0. The molecule has 0 saturated heterocycles. The first-order valence-electron chi connectivity index (χ1n) is 8.04. The van der Waals surface area contributed by atoms with E-state index in [0.717, 1.165) is 5.56 Å². The maximum absolute atomic E-state index is 12.9. The zero-order chi connectivity index (χ0) is 17.5. The van der Waals surface area contributed by atoms with E-state index in [4.69, 9.17) is 4.74 Å². The van der Waals surface area contributed by atoms with Gasteiger partial charge in [0.15, 0.2) is 11.4 Å². The second-order valence-electron chi connectivity index (χ2n) is 6.66. The molecule has 124 valence electrons. The summed E-state index contributed by atoms with van der Waals surface area (Å²) in [5.74, 6) is 0.324. The number of ether oxygens (including phenoxy) is 1. The van der Waals surface area contributed by atoms with Crippen molar-refractivity contribution in [2.24, 2.45) is 0 Å². The summed E-state index contributed by atoms with van der Waals surface area (Å²) in [4.78, 5) is 27.4. The molecule has 0 spiro atoms.